The number of nitrogens with one attached hydrogen (secondary N) is 2. The van der Waals surface area contributed by atoms with Gasteiger partial charge < -0.3 is 25.8 Å². The number of rotatable bonds is 7. The summed E-state index contributed by atoms with van der Waals surface area (Å²) in [6.45, 7) is 1.22. The highest BCUT2D eigenvalue weighted by Crippen LogP contribution is 2.41. The van der Waals surface area contributed by atoms with E-state index in [1.807, 2.05) is 30.3 Å². The van der Waals surface area contributed by atoms with Gasteiger partial charge in [0, 0.05) is 5.57 Å². The zero-order valence-electron chi connectivity index (χ0n) is 16.3. The van der Waals surface area contributed by atoms with Crippen LogP contribution < -0.4 is 25.8 Å². The van der Waals surface area contributed by atoms with Gasteiger partial charge in [0.15, 0.2) is 29.0 Å². The van der Waals surface area contributed by atoms with Crippen molar-refractivity contribution in [3.63, 3.8) is 0 Å². The number of methoxy groups -OCH3 is 1. The molecule has 0 saturated heterocycles. The lowest BCUT2D eigenvalue weighted by molar-refractivity contribution is -0.120. The largest absolute Gasteiger partial charge is 0.493 e. The Bertz CT molecular complexity index is 1040. The van der Waals surface area contributed by atoms with Gasteiger partial charge in [-0.05, 0) is 58.3 Å². The number of Topliss-reactive ketones (excluding diaryl/α,β-unsaturated/α-hetero) is 1. The summed E-state index contributed by atoms with van der Waals surface area (Å²) in [6, 6.07) is 12.5. The Morgan fingerprint density at radius 2 is 1.93 bits per heavy atom. The number of hydrogen-bond donors (Lipinski definition) is 3. The van der Waals surface area contributed by atoms with E-state index in [1.54, 1.807) is 12.1 Å². The van der Waals surface area contributed by atoms with E-state index in [0.717, 1.165) is 11.1 Å². The van der Waals surface area contributed by atoms with Crippen LogP contribution in [-0.4, -0.2) is 30.5 Å². The van der Waals surface area contributed by atoms with Crippen molar-refractivity contribution >= 4 is 50.6 Å². The first-order valence-corrected chi connectivity index (χ1v) is 10.2. The van der Waals surface area contributed by atoms with Crippen LogP contribution in [0.3, 0.4) is 0 Å². The van der Waals surface area contributed by atoms with E-state index in [-0.39, 0.29) is 12.4 Å². The van der Waals surface area contributed by atoms with Crippen molar-refractivity contribution in [3.05, 3.63) is 63.6 Å². The summed E-state index contributed by atoms with van der Waals surface area (Å²) in [4.78, 5) is 23.7. The van der Waals surface area contributed by atoms with E-state index in [9.17, 15) is 9.59 Å². The van der Waals surface area contributed by atoms with Crippen LogP contribution in [0.2, 0.25) is 0 Å². The molecule has 7 nitrogen and oxygen atoms in total. The van der Waals surface area contributed by atoms with Gasteiger partial charge in [0.2, 0.25) is 0 Å². The third kappa shape index (κ3) is 4.63. The zero-order chi connectivity index (χ0) is 21.8. The van der Waals surface area contributed by atoms with Gasteiger partial charge in [-0.15, -0.1) is 0 Å². The van der Waals surface area contributed by atoms with E-state index < -0.39 is 11.9 Å². The molecule has 4 N–H and O–H groups in total. The number of ketones is 1. The Morgan fingerprint density at radius 1 is 1.23 bits per heavy atom. The normalized spacial score (nSPS) is 15.8. The van der Waals surface area contributed by atoms with Gasteiger partial charge in [0.05, 0.1) is 23.3 Å². The van der Waals surface area contributed by atoms with E-state index in [1.165, 1.54) is 14.0 Å². The summed E-state index contributed by atoms with van der Waals surface area (Å²) < 4.78 is 11.5. The molecule has 30 heavy (non-hydrogen) atoms. The average Bonchev–Trinajstić information content (AvgIpc) is 2.71. The molecule has 0 fully saturated rings. The number of carbonyl (C=O) groups is 2. The van der Waals surface area contributed by atoms with Gasteiger partial charge in [-0.25, -0.2) is 0 Å². The number of carbonyl (C=O) groups excluding carboxylic acids is 2. The van der Waals surface area contributed by atoms with E-state index in [4.69, 9.17) is 27.4 Å². The number of benzene rings is 2. The molecule has 0 unspecified atom stereocenters. The molecule has 0 bridgehead atoms. The average molecular weight is 490 g/mol. The minimum Gasteiger partial charge on any atom is -0.493 e. The van der Waals surface area contributed by atoms with Gasteiger partial charge in [-0.2, -0.15) is 0 Å². The topological polar surface area (TPSA) is 103 Å². The number of hydrogen-bond acceptors (Lipinski definition) is 5. The Morgan fingerprint density at radius 3 is 2.53 bits per heavy atom. The molecule has 0 aromatic heterocycles. The molecule has 1 aliphatic heterocycles. The summed E-state index contributed by atoms with van der Waals surface area (Å²) in [7, 11) is 1.49. The molecule has 0 radical (unpaired) electrons. The maximum atomic E-state index is 12.7. The summed E-state index contributed by atoms with van der Waals surface area (Å²) in [5.74, 6) is 0.0161. The van der Waals surface area contributed by atoms with Crippen LogP contribution in [0.5, 0.6) is 11.5 Å². The fraction of sp³-hybridized carbons (Fsp3) is 0.190. The number of amides is 1. The van der Waals surface area contributed by atoms with Crippen LogP contribution in [0.1, 0.15) is 24.1 Å². The second-order valence-electron chi connectivity index (χ2n) is 6.53. The summed E-state index contributed by atoms with van der Waals surface area (Å²) >= 11 is 8.86. The summed E-state index contributed by atoms with van der Waals surface area (Å²) in [5, 5.41) is 6.67. The minimum atomic E-state index is -0.604. The summed E-state index contributed by atoms with van der Waals surface area (Å²) in [5.41, 5.74) is 7.94. The first-order chi connectivity index (χ1) is 14.3. The number of nitrogens with two attached hydrogens (primary N) is 1. The highest BCUT2D eigenvalue weighted by Gasteiger charge is 2.31. The van der Waals surface area contributed by atoms with Gasteiger partial charge in [-0.3, -0.25) is 9.59 Å². The molecule has 3 rings (SSSR count). The Kier molecular flexibility index (Phi) is 6.73. The lowest BCUT2D eigenvalue weighted by Gasteiger charge is -2.31. The summed E-state index contributed by atoms with van der Waals surface area (Å²) in [6.07, 6.45) is 0. The van der Waals surface area contributed by atoms with Crippen LogP contribution in [0.25, 0.3) is 5.70 Å². The van der Waals surface area contributed by atoms with Crippen LogP contribution in [0, 0.1) is 0 Å². The molecule has 0 saturated carbocycles. The Hall–Kier alpha value is -2.91. The fourth-order valence-corrected chi connectivity index (χ4v) is 4.01. The third-order valence-electron chi connectivity index (χ3n) is 4.46. The smallest absolute Gasteiger partial charge is 0.255 e. The minimum absolute atomic E-state index is 0.106. The van der Waals surface area contributed by atoms with Crippen molar-refractivity contribution in [2.45, 2.75) is 13.0 Å². The van der Waals surface area contributed by atoms with E-state index in [2.05, 4.69) is 26.6 Å². The zero-order valence-corrected chi connectivity index (χ0v) is 18.7. The fourth-order valence-electron chi connectivity index (χ4n) is 3.22. The van der Waals surface area contributed by atoms with Crippen molar-refractivity contribution < 1.29 is 19.1 Å². The van der Waals surface area contributed by atoms with Crippen molar-refractivity contribution in [1.82, 2.24) is 10.6 Å². The van der Waals surface area contributed by atoms with Crippen molar-refractivity contribution in [2.75, 3.05) is 13.7 Å². The highest BCUT2D eigenvalue weighted by molar-refractivity contribution is 9.10. The number of ether oxygens (including phenoxy) is 2. The maximum absolute atomic E-state index is 12.7. The quantitative estimate of drug-likeness (QED) is 0.513. The van der Waals surface area contributed by atoms with Crippen LogP contribution in [0.15, 0.2) is 52.5 Å². The molecule has 156 valence electrons. The second kappa shape index (κ2) is 9.27. The van der Waals surface area contributed by atoms with Gasteiger partial charge in [0.25, 0.3) is 5.91 Å². The monoisotopic (exact) mass is 489 g/mol. The first kappa shape index (κ1) is 21.8. The van der Waals surface area contributed by atoms with E-state index in [0.29, 0.717) is 32.4 Å². The van der Waals surface area contributed by atoms with Crippen LogP contribution in [-0.2, 0) is 9.59 Å². The van der Waals surface area contributed by atoms with Crippen molar-refractivity contribution in [3.8, 4) is 11.5 Å². The molecule has 1 amide bonds. The lowest BCUT2D eigenvalue weighted by Crippen LogP contribution is -2.44. The second-order valence-corrected chi connectivity index (χ2v) is 7.79. The first-order valence-electron chi connectivity index (χ1n) is 8.98. The van der Waals surface area contributed by atoms with Crippen molar-refractivity contribution in [1.29, 1.82) is 0 Å². The van der Waals surface area contributed by atoms with Gasteiger partial charge in [-0.1, -0.05) is 30.3 Å². The predicted molar refractivity (Wildman–Crippen MR) is 121 cm³/mol. The molecular formula is C21H20BrN3O4S. The number of halogens is 1. The molecule has 1 atom stereocenters. The molecular weight excluding hydrogens is 470 g/mol. The van der Waals surface area contributed by atoms with Gasteiger partial charge in [0.1, 0.15) is 0 Å². The van der Waals surface area contributed by atoms with E-state index >= 15 is 0 Å². The standard InChI is InChI=1S/C21H20BrN3O4S/c1-11(26)17-18(12-6-4-3-5-7-12)24-21(30)25-19(17)13-8-14(22)20(15(9-13)28-2)29-10-16(23)27/h3-9,19H,10H2,1-2H3,(H2,23,27)(H2,24,25,30)/t19-/m0/s1. The lowest BCUT2D eigenvalue weighted by atomic mass is 9.90. The van der Waals surface area contributed by atoms with Crippen LogP contribution >= 0.6 is 28.1 Å². The molecule has 2 aromatic rings. The predicted octanol–water partition coefficient (Wildman–Crippen LogP) is 2.84. The molecule has 0 aliphatic carbocycles. The third-order valence-corrected chi connectivity index (χ3v) is 5.27. The highest BCUT2D eigenvalue weighted by atomic mass is 79.9. The molecule has 9 heteroatoms. The van der Waals surface area contributed by atoms with Gasteiger partial charge >= 0.3 is 0 Å². The SMILES string of the molecule is COc1cc([C@@H]2NC(=S)NC(c3ccccc3)=C2C(C)=O)cc(Br)c1OCC(N)=O. The molecule has 1 heterocycles. The van der Waals surface area contributed by atoms with Crippen molar-refractivity contribution in [2.24, 2.45) is 5.73 Å². The molecule has 2 aromatic carbocycles. The van der Waals surface area contributed by atoms with Crippen LogP contribution in [0.4, 0.5) is 0 Å². The Labute approximate surface area is 187 Å². The maximum Gasteiger partial charge on any atom is 0.255 e. The number of primary amides is 1. The Balaban J connectivity index is 2.13. The molecule has 0 spiro atoms. The number of thiocarbonyl (C=S) groups is 1. The molecule has 1 aliphatic rings.